The van der Waals surface area contributed by atoms with Gasteiger partial charge in [0.25, 0.3) is 10.0 Å². The highest BCUT2D eigenvalue weighted by molar-refractivity contribution is 9.10. The van der Waals surface area contributed by atoms with Gasteiger partial charge in [0.2, 0.25) is 0 Å². The molecule has 0 aliphatic rings. The van der Waals surface area contributed by atoms with Crippen molar-refractivity contribution in [2.24, 2.45) is 7.05 Å². The molecular formula is C11H13BrN4O2S. The number of rotatable bonds is 3. The van der Waals surface area contributed by atoms with Crippen molar-refractivity contribution in [3.8, 4) is 0 Å². The van der Waals surface area contributed by atoms with Crippen LogP contribution in [0.2, 0.25) is 0 Å². The third kappa shape index (κ3) is 2.90. The van der Waals surface area contributed by atoms with Gasteiger partial charge in [0.1, 0.15) is 5.82 Å². The number of nitrogen functional groups attached to an aromatic ring is 1. The summed E-state index contributed by atoms with van der Waals surface area (Å²) in [6, 6.07) is 4.83. The third-order valence-corrected chi connectivity index (χ3v) is 4.49. The molecule has 0 spiro atoms. The number of nitrogens with two attached hydrogens (primary N) is 1. The predicted octanol–water partition coefficient (Wildman–Crippen LogP) is 1.87. The number of nitrogens with zero attached hydrogens (tertiary/aromatic N) is 2. The monoisotopic (exact) mass is 344 g/mol. The average Bonchev–Trinajstić information content (AvgIpc) is 2.64. The largest absolute Gasteiger partial charge is 0.399 e. The molecule has 19 heavy (non-hydrogen) atoms. The lowest BCUT2D eigenvalue weighted by Gasteiger charge is -2.08. The van der Waals surface area contributed by atoms with Gasteiger partial charge in [0, 0.05) is 23.4 Å². The van der Waals surface area contributed by atoms with E-state index in [1.807, 2.05) is 0 Å². The summed E-state index contributed by atoms with van der Waals surface area (Å²) >= 11 is 3.26. The number of nitrogens with one attached hydrogen (secondary N) is 1. The van der Waals surface area contributed by atoms with E-state index < -0.39 is 10.0 Å². The van der Waals surface area contributed by atoms with Gasteiger partial charge in [-0.25, -0.2) is 4.98 Å². The smallest absolute Gasteiger partial charge is 0.280 e. The molecule has 0 saturated carbocycles. The van der Waals surface area contributed by atoms with Gasteiger partial charge in [-0.2, -0.15) is 8.42 Å². The fourth-order valence-electron chi connectivity index (χ4n) is 1.47. The van der Waals surface area contributed by atoms with Crippen molar-refractivity contribution < 1.29 is 8.42 Å². The maximum absolute atomic E-state index is 12.2. The zero-order chi connectivity index (χ0) is 14.2. The minimum absolute atomic E-state index is 0.0174. The summed E-state index contributed by atoms with van der Waals surface area (Å²) in [4.78, 5) is 4.00. The number of hydrogen-bond acceptors (Lipinski definition) is 4. The first-order valence-corrected chi connectivity index (χ1v) is 7.65. The summed E-state index contributed by atoms with van der Waals surface area (Å²) < 4.78 is 29.0. The third-order valence-electron chi connectivity index (χ3n) is 2.60. The Kier molecular flexibility index (Phi) is 3.55. The van der Waals surface area contributed by atoms with E-state index in [-0.39, 0.29) is 5.03 Å². The highest BCUT2D eigenvalue weighted by Gasteiger charge is 2.19. The number of imidazole rings is 1. The summed E-state index contributed by atoms with van der Waals surface area (Å²) in [7, 11) is -1.97. The molecule has 0 atom stereocenters. The molecule has 0 fully saturated rings. The van der Waals surface area contributed by atoms with Gasteiger partial charge in [-0.15, -0.1) is 0 Å². The van der Waals surface area contributed by atoms with E-state index in [4.69, 9.17) is 5.73 Å². The van der Waals surface area contributed by atoms with E-state index in [0.717, 1.165) is 0 Å². The first kappa shape index (κ1) is 13.9. The van der Waals surface area contributed by atoms with Crippen LogP contribution in [0.4, 0.5) is 11.4 Å². The molecular weight excluding hydrogens is 332 g/mol. The SMILES string of the molecule is Cc1nc(S(=O)(=O)Nc2ccc(N)cc2Br)cn1C. The molecule has 0 amide bonds. The Labute approximate surface area is 119 Å². The van der Waals surface area contributed by atoms with Crippen LogP contribution in [-0.4, -0.2) is 18.0 Å². The normalized spacial score (nSPS) is 11.5. The first-order chi connectivity index (χ1) is 8.79. The molecule has 0 unspecified atom stereocenters. The molecule has 8 heteroatoms. The van der Waals surface area contributed by atoms with Crippen molar-refractivity contribution in [2.75, 3.05) is 10.5 Å². The van der Waals surface area contributed by atoms with Crippen LogP contribution < -0.4 is 10.5 Å². The Morgan fingerprint density at radius 2 is 2.11 bits per heavy atom. The molecule has 2 aromatic rings. The van der Waals surface area contributed by atoms with Crippen molar-refractivity contribution >= 4 is 37.3 Å². The van der Waals surface area contributed by atoms with Crippen LogP contribution >= 0.6 is 15.9 Å². The molecule has 2 rings (SSSR count). The molecule has 1 heterocycles. The van der Waals surface area contributed by atoms with Crippen molar-refractivity contribution in [2.45, 2.75) is 11.9 Å². The Balaban J connectivity index is 2.36. The second kappa shape index (κ2) is 4.86. The van der Waals surface area contributed by atoms with Gasteiger partial charge in [-0.1, -0.05) is 0 Å². The number of aryl methyl sites for hydroxylation is 2. The summed E-state index contributed by atoms with van der Waals surface area (Å²) in [6.07, 6.45) is 1.46. The number of hydrogen-bond donors (Lipinski definition) is 2. The summed E-state index contributed by atoms with van der Waals surface area (Å²) in [5, 5.41) is -0.0174. The van der Waals surface area contributed by atoms with E-state index in [0.29, 0.717) is 21.7 Å². The van der Waals surface area contributed by atoms with Crippen LogP contribution in [-0.2, 0) is 17.1 Å². The summed E-state index contributed by atoms with van der Waals surface area (Å²) in [6.45, 7) is 1.73. The maximum Gasteiger partial charge on any atom is 0.280 e. The average molecular weight is 345 g/mol. The Bertz CT molecular complexity index is 705. The molecule has 0 aliphatic heterocycles. The van der Waals surface area contributed by atoms with E-state index in [2.05, 4.69) is 25.6 Å². The van der Waals surface area contributed by atoms with E-state index in [1.54, 1.807) is 36.7 Å². The lowest BCUT2D eigenvalue weighted by molar-refractivity contribution is 0.598. The number of aromatic nitrogens is 2. The van der Waals surface area contributed by atoms with Crippen molar-refractivity contribution in [1.29, 1.82) is 0 Å². The highest BCUT2D eigenvalue weighted by Crippen LogP contribution is 2.26. The maximum atomic E-state index is 12.2. The molecule has 0 bridgehead atoms. The number of halogens is 1. The Morgan fingerprint density at radius 1 is 1.42 bits per heavy atom. The molecule has 0 saturated heterocycles. The van der Waals surface area contributed by atoms with Gasteiger partial charge in [0.05, 0.1) is 5.69 Å². The first-order valence-electron chi connectivity index (χ1n) is 5.37. The number of benzene rings is 1. The fourth-order valence-corrected chi connectivity index (χ4v) is 3.22. The summed E-state index contributed by atoms with van der Waals surface area (Å²) in [5.74, 6) is 0.622. The van der Waals surface area contributed by atoms with Crippen molar-refractivity contribution in [3.63, 3.8) is 0 Å². The van der Waals surface area contributed by atoms with Crippen LogP contribution in [0.3, 0.4) is 0 Å². The van der Waals surface area contributed by atoms with Crippen LogP contribution in [0.5, 0.6) is 0 Å². The van der Waals surface area contributed by atoms with Gasteiger partial charge >= 0.3 is 0 Å². The van der Waals surface area contributed by atoms with Crippen LogP contribution in [0.15, 0.2) is 33.9 Å². The fraction of sp³-hybridized carbons (Fsp3) is 0.182. The van der Waals surface area contributed by atoms with Gasteiger partial charge in [-0.3, -0.25) is 4.72 Å². The van der Waals surface area contributed by atoms with Gasteiger partial charge in [0.15, 0.2) is 5.03 Å². The molecule has 1 aromatic heterocycles. The van der Waals surface area contributed by atoms with E-state index in [1.165, 1.54) is 6.20 Å². The van der Waals surface area contributed by atoms with E-state index >= 15 is 0 Å². The minimum Gasteiger partial charge on any atom is -0.399 e. The molecule has 0 radical (unpaired) electrons. The lowest BCUT2D eigenvalue weighted by atomic mass is 10.3. The lowest BCUT2D eigenvalue weighted by Crippen LogP contribution is -2.13. The second-order valence-electron chi connectivity index (χ2n) is 4.08. The zero-order valence-corrected chi connectivity index (χ0v) is 12.8. The predicted molar refractivity (Wildman–Crippen MR) is 77.3 cm³/mol. The van der Waals surface area contributed by atoms with Crippen LogP contribution in [0, 0.1) is 6.92 Å². The molecule has 102 valence electrons. The van der Waals surface area contributed by atoms with Crippen LogP contribution in [0.1, 0.15) is 5.82 Å². The highest BCUT2D eigenvalue weighted by atomic mass is 79.9. The van der Waals surface area contributed by atoms with E-state index in [9.17, 15) is 8.42 Å². The summed E-state index contributed by atoms with van der Waals surface area (Å²) in [5.41, 5.74) is 6.56. The number of sulfonamides is 1. The second-order valence-corrected chi connectivity index (χ2v) is 6.57. The zero-order valence-electron chi connectivity index (χ0n) is 10.4. The number of anilines is 2. The van der Waals surface area contributed by atoms with Crippen LogP contribution in [0.25, 0.3) is 0 Å². The molecule has 6 nitrogen and oxygen atoms in total. The standard InChI is InChI=1S/C11H13BrN4O2S/c1-7-14-11(6-16(7)2)19(17,18)15-10-4-3-8(13)5-9(10)12/h3-6,15H,13H2,1-2H3. The molecule has 3 N–H and O–H groups in total. The van der Waals surface area contributed by atoms with Crippen molar-refractivity contribution in [1.82, 2.24) is 9.55 Å². The molecule has 0 aliphatic carbocycles. The van der Waals surface area contributed by atoms with Gasteiger partial charge < -0.3 is 10.3 Å². The Hall–Kier alpha value is -1.54. The molecule has 1 aromatic carbocycles. The van der Waals surface area contributed by atoms with Gasteiger partial charge in [-0.05, 0) is 41.1 Å². The van der Waals surface area contributed by atoms with Crippen molar-refractivity contribution in [3.05, 3.63) is 34.7 Å². The minimum atomic E-state index is -3.70. The topological polar surface area (TPSA) is 90.0 Å². The quantitative estimate of drug-likeness (QED) is 0.831. The Morgan fingerprint density at radius 3 is 2.63 bits per heavy atom.